The number of thioether (sulfide) groups is 1. The van der Waals surface area contributed by atoms with Crippen LogP contribution in [0.4, 0.5) is 0 Å². The number of nitrogens with zero attached hydrogens (tertiary/aromatic N) is 1. The number of rotatable bonds is 4. The molecule has 0 spiro atoms. The third kappa shape index (κ3) is 2.97. The van der Waals surface area contributed by atoms with Gasteiger partial charge in [0.15, 0.2) is 0 Å². The lowest BCUT2D eigenvalue weighted by Crippen LogP contribution is -2.30. The van der Waals surface area contributed by atoms with Crippen molar-refractivity contribution in [2.75, 3.05) is 11.5 Å². The van der Waals surface area contributed by atoms with Gasteiger partial charge in [-0.15, -0.1) is 0 Å². The van der Waals surface area contributed by atoms with Gasteiger partial charge in [-0.25, -0.2) is 0 Å². The van der Waals surface area contributed by atoms with Gasteiger partial charge in [-0.1, -0.05) is 18.2 Å². The summed E-state index contributed by atoms with van der Waals surface area (Å²) in [4.78, 5) is 4.43. The fourth-order valence-corrected chi connectivity index (χ4v) is 4.24. The molecule has 1 aromatic heterocycles. The molecule has 2 aromatic rings. The highest BCUT2D eigenvalue weighted by Gasteiger charge is 2.20. The van der Waals surface area contributed by atoms with Gasteiger partial charge in [0.25, 0.3) is 0 Å². The van der Waals surface area contributed by atoms with E-state index in [1.807, 2.05) is 12.3 Å². The maximum Gasteiger partial charge on any atom is 0.0705 e. The van der Waals surface area contributed by atoms with Gasteiger partial charge in [0.1, 0.15) is 0 Å². The number of hydrogen-bond donors (Lipinski definition) is 2. The molecular formula is C16H21N3S. The zero-order valence-corrected chi connectivity index (χ0v) is 12.4. The molecule has 4 heteroatoms. The van der Waals surface area contributed by atoms with Crippen molar-refractivity contribution in [1.29, 1.82) is 0 Å². The van der Waals surface area contributed by atoms with Gasteiger partial charge in [-0.2, -0.15) is 11.8 Å². The summed E-state index contributed by atoms with van der Waals surface area (Å²) in [6.07, 6.45) is 5.58. The summed E-state index contributed by atoms with van der Waals surface area (Å²) in [6.45, 7) is 0. The number of aromatic nitrogens is 1. The van der Waals surface area contributed by atoms with Gasteiger partial charge in [0.2, 0.25) is 0 Å². The van der Waals surface area contributed by atoms with Crippen molar-refractivity contribution in [3.63, 3.8) is 0 Å². The molecule has 2 heterocycles. The first-order valence-electron chi connectivity index (χ1n) is 7.26. The van der Waals surface area contributed by atoms with E-state index in [-0.39, 0.29) is 6.04 Å². The predicted octanol–water partition coefficient (Wildman–Crippen LogP) is 3.27. The zero-order valence-electron chi connectivity index (χ0n) is 11.6. The van der Waals surface area contributed by atoms with Gasteiger partial charge in [-0.3, -0.25) is 16.3 Å². The van der Waals surface area contributed by atoms with Crippen LogP contribution in [0.2, 0.25) is 0 Å². The van der Waals surface area contributed by atoms with E-state index in [2.05, 4.69) is 46.4 Å². The fraction of sp³-hybridized carbons (Fsp3) is 0.438. The molecule has 0 saturated carbocycles. The maximum absolute atomic E-state index is 5.84. The van der Waals surface area contributed by atoms with Crippen LogP contribution in [-0.2, 0) is 0 Å². The SMILES string of the molecule is NNC(CC1CCSCC1)c1cccc2ncccc12. The summed E-state index contributed by atoms with van der Waals surface area (Å²) in [5.41, 5.74) is 5.34. The number of benzene rings is 1. The topological polar surface area (TPSA) is 50.9 Å². The van der Waals surface area contributed by atoms with Crippen molar-refractivity contribution in [2.45, 2.75) is 25.3 Å². The molecule has 1 atom stereocenters. The number of pyridine rings is 1. The summed E-state index contributed by atoms with van der Waals surface area (Å²) < 4.78 is 0. The molecule has 0 amide bonds. The Bertz CT molecular complexity index is 561. The Morgan fingerprint density at radius 2 is 2.10 bits per heavy atom. The zero-order chi connectivity index (χ0) is 13.8. The van der Waals surface area contributed by atoms with E-state index in [0.29, 0.717) is 0 Å². The van der Waals surface area contributed by atoms with Gasteiger partial charge in [0.05, 0.1) is 5.52 Å². The van der Waals surface area contributed by atoms with Crippen molar-refractivity contribution in [1.82, 2.24) is 10.4 Å². The largest absolute Gasteiger partial charge is 0.271 e. The molecule has 3 rings (SSSR count). The van der Waals surface area contributed by atoms with Crippen molar-refractivity contribution in [2.24, 2.45) is 11.8 Å². The molecule has 1 aliphatic rings. The maximum atomic E-state index is 5.84. The lowest BCUT2D eigenvalue weighted by molar-refractivity contribution is 0.375. The Morgan fingerprint density at radius 1 is 1.25 bits per heavy atom. The quantitative estimate of drug-likeness (QED) is 0.669. The Hall–Kier alpha value is -1.10. The molecular weight excluding hydrogens is 266 g/mol. The summed E-state index contributed by atoms with van der Waals surface area (Å²) in [7, 11) is 0. The highest BCUT2D eigenvalue weighted by Crippen LogP contribution is 2.32. The van der Waals surface area contributed by atoms with Crippen molar-refractivity contribution in [3.8, 4) is 0 Å². The third-order valence-corrected chi connectivity index (χ3v) is 5.21. The highest BCUT2D eigenvalue weighted by atomic mass is 32.2. The summed E-state index contributed by atoms with van der Waals surface area (Å²) in [5.74, 6) is 9.20. The minimum atomic E-state index is 0.219. The summed E-state index contributed by atoms with van der Waals surface area (Å²) in [5, 5.41) is 1.21. The molecule has 106 valence electrons. The van der Waals surface area contributed by atoms with Crippen molar-refractivity contribution >= 4 is 22.7 Å². The Morgan fingerprint density at radius 3 is 2.90 bits per heavy atom. The van der Waals surface area contributed by atoms with E-state index in [0.717, 1.165) is 17.9 Å². The van der Waals surface area contributed by atoms with Crippen LogP contribution in [0.25, 0.3) is 10.9 Å². The lowest BCUT2D eigenvalue weighted by Gasteiger charge is -2.26. The van der Waals surface area contributed by atoms with Crippen LogP contribution in [-0.4, -0.2) is 16.5 Å². The number of hydrazine groups is 1. The summed E-state index contributed by atoms with van der Waals surface area (Å²) in [6, 6.07) is 10.7. The standard InChI is InChI=1S/C16H21N3S/c17-19-16(11-12-6-9-20-10-7-12)14-3-1-5-15-13(14)4-2-8-18-15/h1-5,8,12,16,19H,6-7,9-11,17H2. The molecule has 0 radical (unpaired) electrons. The number of fused-ring (bicyclic) bond motifs is 1. The van der Waals surface area contributed by atoms with E-state index < -0.39 is 0 Å². The van der Waals surface area contributed by atoms with Crippen LogP contribution in [0.5, 0.6) is 0 Å². The molecule has 0 aliphatic carbocycles. The van der Waals surface area contributed by atoms with E-state index in [1.165, 1.54) is 35.3 Å². The van der Waals surface area contributed by atoms with E-state index in [9.17, 15) is 0 Å². The van der Waals surface area contributed by atoms with Crippen LogP contribution >= 0.6 is 11.8 Å². The smallest absolute Gasteiger partial charge is 0.0705 e. The average Bonchev–Trinajstić information content (AvgIpc) is 2.53. The highest BCUT2D eigenvalue weighted by molar-refractivity contribution is 7.99. The Labute approximate surface area is 124 Å². The molecule has 1 fully saturated rings. The second-order valence-corrected chi connectivity index (χ2v) is 6.65. The molecule has 3 nitrogen and oxygen atoms in total. The van der Waals surface area contributed by atoms with E-state index in [4.69, 9.17) is 5.84 Å². The molecule has 3 N–H and O–H groups in total. The first kappa shape index (κ1) is 13.9. The third-order valence-electron chi connectivity index (χ3n) is 4.17. The second kappa shape index (κ2) is 6.57. The van der Waals surface area contributed by atoms with Gasteiger partial charge in [-0.05, 0) is 54.4 Å². The predicted molar refractivity (Wildman–Crippen MR) is 86.5 cm³/mol. The minimum Gasteiger partial charge on any atom is -0.271 e. The van der Waals surface area contributed by atoms with Crippen LogP contribution < -0.4 is 11.3 Å². The molecule has 0 bridgehead atoms. The van der Waals surface area contributed by atoms with Crippen LogP contribution in [0, 0.1) is 5.92 Å². The fourth-order valence-electron chi connectivity index (χ4n) is 3.03. The normalized spacial score (nSPS) is 18.2. The first-order valence-corrected chi connectivity index (χ1v) is 8.41. The molecule has 1 saturated heterocycles. The molecule has 1 unspecified atom stereocenters. The number of hydrogen-bond acceptors (Lipinski definition) is 4. The number of nitrogens with one attached hydrogen (secondary N) is 1. The average molecular weight is 287 g/mol. The van der Waals surface area contributed by atoms with Crippen LogP contribution in [0.1, 0.15) is 30.9 Å². The van der Waals surface area contributed by atoms with Crippen LogP contribution in [0.15, 0.2) is 36.5 Å². The monoisotopic (exact) mass is 287 g/mol. The minimum absolute atomic E-state index is 0.219. The van der Waals surface area contributed by atoms with Crippen LogP contribution in [0.3, 0.4) is 0 Å². The number of nitrogens with two attached hydrogens (primary N) is 1. The van der Waals surface area contributed by atoms with Crippen molar-refractivity contribution in [3.05, 3.63) is 42.1 Å². The van der Waals surface area contributed by atoms with Gasteiger partial charge < -0.3 is 0 Å². The Kier molecular flexibility index (Phi) is 4.55. The van der Waals surface area contributed by atoms with E-state index in [1.54, 1.807) is 0 Å². The summed E-state index contributed by atoms with van der Waals surface area (Å²) >= 11 is 2.07. The van der Waals surface area contributed by atoms with E-state index >= 15 is 0 Å². The second-order valence-electron chi connectivity index (χ2n) is 5.43. The molecule has 20 heavy (non-hydrogen) atoms. The lowest BCUT2D eigenvalue weighted by atomic mass is 9.89. The van der Waals surface area contributed by atoms with Gasteiger partial charge in [0, 0.05) is 17.6 Å². The molecule has 1 aromatic carbocycles. The van der Waals surface area contributed by atoms with Crippen molar-refractivity contribution < 1.29 is 0 Å². The first-order chi connectivity index (χ1) is 9.88. The van der Waals surface area contributed by atoms with Gasteiger partial charge >= 0.3 is 0 Å². The molecule has 1 aliphatic heterocycles. The Balaban J connectivity index is 1.86.